The lowest BCUT2D eigenvalue weighted by molar-refractivity contribution is -0.139. The second kappa shape index (κ2) is 8.42. The number of hydrogen-bond acceptors (Lipinski definition) is 5. The zero-order valence-electron chi connectivity index (χ0n) is 12.0. The summed E-state index contributed by atoms with van der Waals surface area (Å²) in [5, 5.41) is 19.9. The lowest BCUT2D eigenvalue weighted by Gasteiger charge is -2.14. The summed E-state index contributed by atoms with van der Waals surface area (Å²) < 4.78 is 4.87. The summed E-state index contributed by atoms with van der Waals surface area (Å²) in [6.07, 6.45) is 0.765. The van der Waals surface area contributed by atoms with Gasteiger partial charge in [-0.25, -0.2) is 4.79 Å². The van der Waals surface area contributed by atoms with E-state index in [1.807, 2.05) is 6.07 Å². The molecule has 7 heteroatoms. The summed E-state index contributed by atoms with van der Waals surface area (Å²) >= 11 is 0. The molecule has 0 fully saturated rings. The first-order valence-electron chi connectivity index (χ1n) is 6.63. The number of carboxylic acids is 1. The minimum Gasteiger partial charge on any atom is -0.480 e. The van der Waals surface area contributed by atoms with Crippen molar-refractivity contribution in [2.24, 2.45) is 0 Å². The number of ether oxygens (including phenoxy) is 1. The molecule has 0 saturated heterocycles. The smallest absolute Gasteiger partial charge is 0.326 e. The average Bonchev–Trinajstić information content (AvgIpc) is 2.45. The molecule has 0 heterocycles. The Morgan fingerprint density at radius 2 is 2.14 bits per heavy atom. The number of carboxylic acid groups (broad SMARTS) is 1. The van der Waals surface area contributed by atoms with Crippen LogP contribution in [-0.4, -0.2) is 29.0 Å². The van der Waals surface area contributed by atoms with Crippen LogP contribution in [0.1, 0.15) is 36.5 Å². The van der Waals surface area contributed by atoms with E-state index in [1.54, 1.807) is 0 Å². The van der Waals surface area contributed by atoms with E-state index in [0.29, 0.717) is 6.42 Å². The number of hydrogen-bond donors (Lipinski definition) is 2. The van der Waals surface area contributed by atoms with Gasteiger partial charge in [-0.15, -0.1) is 0 Å². The lowest BCUT2D eigenvalue weighted by Crippen LogP contribution is -2.40. The number of nitrogens with zero attached hydrogens (tertiary/aromatic N) is 1. The molecule has 1 aromatic carbocycles. The summed E-state index contributed by atoms with van der Waals surface area (Å²) in [6, 6.07) is 6.72. The minimum atomic E-state index is -1.16. The van der Waals surface area contributed by atoms with Crippen LogP contribution in [0, 0.1) is 11.3 Å². The summed E-state index contributed by atoms with van der Waals surface area (Å²) in [7, 11) is 0. The zero-order chi connectivity index (χ0) is 16.5. The number of unbranched alkanes of at least 4 members (excludes halogenated alkanes) is 1. The summed E-state index contributed by atoms with van der Waals surface area (Å²) in [5.74, 6) is -2.06. The molecule has 1 atom stereocenters. The van der Waals surface area contributed by atoms with Gasteiger partial charge < -0.3 is 15.2 Å². The van der Waals surface area contributed by atoms with Gasteiger partial charge in [-0.05, 0) is 31.0 Å². The molecule has 0 aliphatic heterocycles. The molecule has 1 amide bonds. The van der Waals surface area contributed by atoms with Crippen molar-refractivity contribution in [1.82, 2.24) is 5.32 Å². The van der Waals surface area contributed by atoms with Gasteiger partial charge in [0.05, 0.1) is 6.07 Å². The quantitative estimate of drug-likeness (QED) is 0.448. The molecular formula is C15H16N2O5. The standard InChI is InChI=1S/C15H16N2O5/c1-10(18)22-12-6-4-5-11(9-12)14(19)17-13(15(20)21)7-2-3-8-16/h4-6,9,13H,2-3,7H2,1H3,(H,17,19)(H,20,21)/t13-/m0/s1. The van der Waals surface area contributed by atoms with Gasteiger partial charge >= 0.3 is 11.9 Å². The van der Waals surface area contributed by atoms with Crippen molar-refractivity contribution in [1.29, 1.82) is 5.26 Å². The number of benzene rings is 1. The Morgan fingerprint density at radius 1 is 1.41 bits per heavy atom. The second-order valence-corrected chi connectivity index (χ2v) is 4.54. The number of nitrogens with one attached hydrogen (secondary N) is 1. The molecule has 1 rings (SSSR count). The van der Waals surface area contributed by atoms with Gasteiger partial charge in [-0.1, -0.05) is 6.07 Å². The van der Waals surface area contributed by atoms with Crippen LogP contribution in [-0.2, 0) is 9.59 Å². The Hall–Kier alpha value is -2.88. The topological polar surface area (TPSA) is 116 Å². The van der Waals surface area contributed by atoms with Crippen LogP contribution >= 0.6 is 0 Å². The summed E-state index contributed by atoms with van der Waals surface area (Å²) in [4.78, 5) is 34.0. The Kier molecular flexibility index (Phi) is 6.57. The predicted molar refractivity (Wildman–Crippen MR) is 76.1 cm³/mol. The van der Waals surface area contributed by atoms with Gasteiger partial charge in [-0.3, -0.25) is 9.59 Å². The van der Waals surface area contributed by atoms with Gasteiger partial charge in [0.25, 0.3) is 5.91 Å². The molecule has 116 valence electrons. The van der Waals surface area contributed by atoms with Crippen molar-refractivity contribution < 1.29 is 24.2 Å². The number of rotatable bonds is 7. The van der Waals surface area contributed by atoms with Crippen LogP contribution in [0.4, 0.5) is 0 Å². The average molecular weight is 304 g/mol. The molecule has 22 heavy (non-hydrogen) atoms. The maximum absolute atomic E-state index is 12.1. The molecule has 0 bridgehead atoms. The van der Waals surface area contributed by atoms with Crippen molar-refractivity contribution in [2.45, 2.75) is 32.2 Å². The first kappa shape index (κ1) is 17.2. The second-order valence-electron chi connectivity index (χ2n) is 4.54. The molecule has 0 unspecified atom stereocenters. The molecule has 0 spiro atoms. The van der Waals surface area contributed by atoms with Crippen molar-refractivity contribution in [2.75, 3.05) is 0 Å². The van der Waals surface area contributed by atoms with Crippen LogP contribution in [0.5, 0.6) is 5.75 Å². The van der Waals surface area contributed by atoms with Crippen LogP contribution in [0.15, 0.2) is 24.3 Å². The highest BCUT2D eigenvalue weighted by molar-refractivity contribution is 5.97. The predicted octanol–water partition coefficient (Wildman–Crippen LogP) is 1.49. The van der Waals surface area contributed by atoms with Gasteiger partial charge in [0, 0.05) is 18.9 Å². The Bertz CT molecular complexity index is 606. The normalized spacial score (nSPS) is 11.1. The monoisotopic (exact) mass is 304 g/mol. The Labute approximate surface area is 127 Å². The largest absolute Gasteiger partial charge is 0.480 e. The third-order valence-corrected chi connectivity index (χ3v) is 2.74. The molecule has 0 aliphatic rings. The molecule has 2 N–H and O–H groups in total. The molecule has 0 radical (unpaired) electrons. The number of aliphatic carboxylic acids is 1. The van der Waals surface area contributed by atoms with Crippen LogP contribution in [0.3, 0.4) is 0 Å². The number of carbonyl (C=O) groups excluding carboxylic acids is 2. The summed E-state index contributed by atoms with van der Waals surface area (Å²) in [6.45, 7) is 1.24. The van der Waals surface area contributed by atoms with E-state index in [-0.39, 0.29) is 24.2 Å². The van der Waals surface area contributed by atoms with E-state index in [0.717, 1.165) is 0 Å². The van der Waals surface area contributed by atoms with E-state index < -0.39 is 23.9 Å². The fourth-order valence-electron chi connectivity index (χ4n) is 1.75. The molecular weight excluding hydrogens is 288 g/mol. The highest BCUT2D eigenvalue weighted by Gasteiger charge is 2.20. The Balaban J connectivity index is 2.75. The van der Waals surface area contributed by atoms with E-state index in [1.165, 1.54) is 31.2 Å². The van der Waals surface area contributed by atoms with E-state index >= 15 is 0 Å². The number of nitriles is 1. The fraction of sp³-hybridized carbons (Fsp3) is 0.333. The van der Waals surface area contributed by atoms with Crippen molar-refractivity contribution in [3.63, 3.8) is 0 Å². The fourth-order valence-corrected chi connectivity index (χ4v) is 1.75. The van der Waals surface area contributed by atoms with Gasteiger partial charge in [-0.2, -0.15) is 5.26 Å². The number of amides is 1. The molecule has 0 aromatic heterocycles. The lowest BCUT2D eigenvalue weighted by atomic mass is 10.1. The van der Waals surface area contributed by atoms with E-state index in [4.69, 9.17) is 15.1 Å². The third-order valence-electron chi connectivity index (χ3n) is 2.74. The number of carbonyl (C=O) groups is 3. The molecule has 0 aliphatic carbocycles. The molecule has 1 aromatic rings. The minimum absolute atomic E-state index is 0.165. The maximum Gasteiger partial charge on any atom is 0.326 e. The Morgan fingerprint density at radius 3 is 2.73 bits per heavy atom. The van der Waals surface area contributed by atoms with Crippen molar-refractivity contribution >= 4 is 17.8 Å². The van der Waals surface area contributed by atoms with E-state index in [2.05, 4.69) is 5.32 Å². The molecule has 7 nitrogen and oxygen atoms in total. The number of esters is 1. The molecule has 0 saturated carbocycles. The van der Waals surface area contributed by atoms with Gasteiger partial charge in [0.15, 0.2) is 0 Å². The van der Waals surface area contributed by atoms with Gasteiger partial charge in [0.2, 0.25) is 0 Å². The zero-order valence-corrected chi connectivity index (χ0v) is 12.0. The van der Waals surface area contributed by atoms with Crippen LogP contribution in [0.25, 0.3) is 0 Å². The summed E-state index contributed by atoms with van der Waals surface area (Å²) in [5.41, 5.74) is 0.185. The van der Waals surface area contributed by atoms with Gasteiger partial charge in [0.1, 0.15) is 11.8 Å². The highest BCUT2D eigenvalue weighted by atomic mass is 16.5. The third kappa shape index (κ3) is 5.63. The highest BCUT2D eigenvalue weighted by Crippen LogP contribution is 2.14. The van der Waals surface area contributed by atoms with Crippen LogP contribution in [0.2, 0.25) is 0 Å². The van der Waals surface area contributed by atoms with Crippen molar-refractivity contribution in [3.8, 4) is 11.8 Å². The first-order valence-corrected chi connectivity index (χ1v) is 6.63. The SMILES string of the molecule is CC(=O)Oc1cccc(C(=O)N[C@@H](CCCC#N)C(=O)O)c1. The van der Waals surface area contributed by atoms with Crippen molar-refractivity contribution in [3.05, 3.63) is 29.8 Å². The van der Waals surface area contributed by atoms with E-state index in [9.17, 15) is 14.4 Å². The maximum atomic E-state index is 12.1. The first-order chi connectivity index (χ1) is 10.4. The van der Waals surface area contributed by atoms with Crippen LogP contribution < -0.4 is 10.1 Å².